The molecule has 0 aromatic heterocycles. The van der Waals surface area contributed by atoms with Gasteiger partial charge in [-0.05, 0) is 71.6 Å². The van der Waals surface area contributed by atoms with E-state index in [1.807, 2.05) is 32.9 Å². The van der Waals surface area contributed by atoms with Gasteiger partial charge in [0.15, 0.2) is 0 Å². The van der Waals surface area contributed by atoms with Crippen LogP contribution in [0.1, 0.15) is 34.8 Å². The third kappa shape index (κ3) is 3.60. The maximum atomic E-state index is 13.8. The van der Waals surface area contributed by atoms with E-state index in [2.05, 4.69) is 15.9 Å². The Morgan fingerprint density at radius 1 is 1.13 bits per heavy atom. The van der Waals surface area contributed by atoms with Crippen molar-refractivity contribution >= 4 is 39.3 Å². The molecule has 1 unspecified atom stereocenters. The topological polar surface area (TPSA) is 79.3 Å². The van der Waals surface area contributed by atoms with Gasteiger partial charge in [0, 0.05) is 6.54 Å². The number of ether oxygens (including phenoxy) is 2. The largest absolute Gasteiger partial charge is 0.496 e. The summed E-state index contributed by atoms with van der Waals surface area (Å²) in [4.78, 5) is 28.8. The molecule has 2 aromatic carbocycles. The molecule has 1 aliphatic heterocycles. The molecule has 8 heteroatoms. The van der Waals surface area contributed by atoms with Gasteiger partial charge in [-0.1, -0.05) is 6.92 Å². The number of hydrogen-bond acceptors (Lipinski definition) is 4. The van der Waals surface area contributed by atoms with E-state index in [0.717, 1.165) is 11.1 Å². The van der Waals surface area contributed by atoms with E-state index in [9.17, 15) is 14.7 Å². The molecule has 0 saturated carbocycles. The summed E-state index contributed by atoms with van der Waals surface area (Å²) in [5, 5.41) is 9.87. The standard InChI is InChI=1S/C22H25BrN2O5/c1-6-14-11-24(16-9-12(2)13(3)10-17(16)25(14)22(27)28)21(26)19-18(29-4)8-7-15(23)20(19)30-5/h7-10,14H,6,11H2,1-5H3,(H,27,28). The van der Waals surface area contributed by atoms with Crippen molar-refractivity contribution in [1.29, 1.82) is 0 Å². The number of methoxy groups -OCH3 is 2. The van der Waals surface area contributed by atoms with E-state index < -0.39 is 6.09 Å². The minimum atomic E-state index is -1.03. The molecule has 160 valence electrons. The van der Waals surface area contributed by atoms with Crippen LogP contribution in [-0.4, -0.2) is 43.9 Å². The fraction of sp³-hybridized carbons (Fsp3) is 0.364. The van der Waals surface area contributed by atoms with Gasteiger partial charge in [-0.15, -0.1) is 0 Å². The van der Waals surface area contributed by atoms with Crippen molar-refractivity contribution in [2.75, 3.05) is 30.6 Å². The lowest BCUT2D eigenvalue weighted by atomic mass is 9.99. The molecule has 1 aliphatic rings. The Hall–Kier alpha value is -2.74. The number of carbonyl (C=O) groups is 2. The summed E-state index contributed by atoms with van der Waals surface area (Å²) in [5.74, 6) is 0.454. The van der Waals surface area contributed by atoms with E-state index >= 15 is 0 Å². The predicted octanol–water partition coefficient (Wildman–Crippen LogP) is 5.01. The van der Waals surface area contributed by atoms with Crippen LogP contribution in [0.3, 0.4) is 0 Å². The highest BCUT2D eigenvalue weighted by Gasteiger charge is 2.38. The molecule has 1 atom stereocenters. The van der Waals surface area contributed by atoms with Crippen LogP contribution in [0.25, 0.3) is 0 Å². The summed E-state index contributed by atoms with van der Waals surface area (Å²) in [6, 6.07) is 6.78. The third-order valence-corrected chi connectivity index (χ3v) is 6.16. The number of fused-ring (bicyclic) bond motifs is 1. The van der Waals surface area contributed by atoms with Crippen LogP contribution >= 0.6 is 15.9 Å². The molecule has 0 aliphatic carbocycles. The Bertz CT molecular complexity index is 1010. The number of aryl methyl sites for hydroxylation is 2. The molecule has 3 rings (SSSR count). The second-order valence-electron chi connectivity index (χ2n) is 7.21. The van der Waals surface area contributed by atoms with Crippen LogP contribution in [0, 0.1) is 13.8 Å². The van der Waals surface area contributed by atoms with Crippen LogP contribution in [0.4, 0.5) is 16.2 Å². The predicted molar refractivity (Wildman–Crippen MR) is 119 cm³/mol. The lowest BCUT2D eigenvalue weighted by Gasteiger charge is -2.41. The zero-order valence-electron chi connectivity index (χ0n) is 17.7. The van der Waals surface area contributed by atoms with E-state index in [0.29, 0.717) is 33.8 Å². The van der Waals surface area contributed by atoms with Crippen molar-refractivity contribution in [1.82, 2.24) is 0 Å². The molecule has 30 heavy (non-hydrogen) atoms. The van der Waals surface area contributed by atoms with Crippen molar-refractivity contribution < 1.29 is 24.2 Å². The molecule has 0 saturated heterocycles. The first-order chi connectivity index (χ1) is 14.2. The van der Waals surface area contributed by atoms with Gasteiger partial charge in [-0.2, -0.15) is 0 Å². The number of carbonyl (C=O) groups excluding carboxylic acids is 1. The molecule has 1 heterocycles. The number of carboxylic acid groups (broad SMARTS) is 1. The number of benzene rings is 2. The molecular formula is C22H25BrN2O5. The maximum Gasteiger partial charge on any atom is 0.412 e. The molecule has 1 N–H and O–H groups in total. The fourth-order valence-corrected chi connectivity index (χ4v) is 4.28. The molecule has 0 bridgehead atoms. The first-order valence-corrected chi connectivity index (χ1v) is 10.4. The average Bonchev–Trinajstić information content (AvgIpc) is 2.72. The number of halogens is 1. The highest BCUT2D eigenvalue weighted by molar-refractivity contribution is 9.10. The fourth-order valence-electron chi connectivity index (χ4n) is 3.79. The minimum absolute atomic E-state index is 0.232. The lowest BCUT2D eigenvalue weighted by molar-refractivity contribution is 0.0976. The molecule has 0 spiro atoms. The summed E-state index contributed by atoms with van der Waals surface area (Å²) >= 11 is 3.43. The van der Waals surface area contributed by atoms with Gasteiger partial charge in [0.1, 0.15) is 17.1 Å². The third-order valence-electron chi connectivity index (χ3n) is 5.53. The first-order valence-electron chi connectivity index (χ1n) is 9.60. The molecule has 7 nitrogen and oxygen atoms in total. The van der Waals surface area contributed by atoms with Crippen molar-refractivity contribution in [3.05, 3.63) is 45.4 Å². The highest BCUT2D eigenvalue weighted by atomic mass is 79.9. The molecule has 2 aromatic rings. The van der Waals surface area contributed by atoms with Crippen LogP contribution in [0.2, 0.25) is 0 Å². The van der Waals surface area contributed by atoms with Crippen LogP contribution in [-0.2, 0) is 0 Å². The molecule has 0 fully saturated rings. The normalized spacial score (nSPS) is 15.6. The Labute approximate surface area is 184 Å². The van der Waals surface area contributed by atoms with E-state index in [-0.39, 0.29) is 24.1 Å². The number of amides is 2. The molecule has 2 amide bonds. The van der Waals surface area contributed by atoms with E-state index in [1.54, 1.807) is 17.0 Å². The van der Waals surface area contributed by atoms with Gasteiger partial charge >= 0.3 is 6.09 Å². The monoisotopic (exact) mass is 476 g/mol. The zero-order valence-corrected chi connectivity index (χ0v) is 19.2. The van der Waals surface area contributed by atoms with Crippen LogP contribution in [0.15, 0.2) is 28.7 Å². The van der Waals surface area contributed by atoms with Gasteiger partial charge in [0.05, 0.1) is 36.1 Å². The lowest BCUT2D eigenvalue weighted by Crippen LogP contribution is -2.52. The maximum absolute atomic E-state index is 13.8. The number of rotatable bonds is 4. The number of nitrogens with zero attached hydrogens (tertiary/aromatic N) is 2. The van der Waals surface area contributed by atoms with Crippen molar-refractivity contribution in [2.24, 2.45) is 0 Å². The summed E-state index contributed by atoms with van der Waals surface area (Å²) < 4.78 is 11.6. The van der Waals surface area contributed by atoms with Gasteiger partial charge in [-0.3, -0.25) is 9.69 Å². The number of hydrogen-bond donors (Lipinski definition) is 1. The Morgan fingerprint density at radius 3 is 2.30 bits per heavy atom. The van der Waals surface area contributed by atoms with Gasteiger partial charge in [0.2, 0.25) is 0 Å². The first kappa shape index (κ1) is 22.0. The van der Waals surface area contributed by atoms with Crippen molar-refractivity contribution in [3.8, 4) is 11.5 Å². The second-order valence-corrected chi connectivity index (χ2v) is 8.07. The summed E-state index contributed by atoms with van der Waals surface area (Å²) in [7, 11) is 2.99. The average molecular weight is 477 g/mol. The van der Waals surface area contributed by atoms with Gasteiger partial charge < -0.3 is 19.5 Å². The number of anilines is 2. The van der Waals surface area contributed by atoms with E-state index in [4.69, 9.17) is 9.47 Å². The molecule has 0 radical (unpaired) electrons. The molecular weight excluding hydrogens is 452 g/mol. The van der Waals surface area contributed by atoms with Gasteiger partial charge in [-0.25, -0.2) is 4.79 Å². The zero-order chi connectivity index (χ0) is 22.2. The Kier molecular flexibility index (Phi) is 6.26. The van der Waals surface area contributed by atoms with Crippen LogP contribution < -0.4 is 19.3 Å². The Morgan fingerprint density at radius 2 is 1.77 bits per heavy atom. The van der Waals surface area contributed by atoms with Crippen molar-refractivity contribution in [2.45, 2.75) is 33.2 Å². The smallest absolute Gasteiger partial charge is 0.412 e. The summed E-state index contributed by atoms with van der Waals surface area (Å²) in [5.41, 5.74) is 3.28. The van der Waals surface area contributed by atoms with E-state index in [1.165, 1.54) is 19.1 Å². The second kappa shape index (κ2) is 8.55. The SMILES string of the molecule is CCC1CN(C(=O)c2c(OC)ccc(Br)c2OC)c2cc(C)c(C)cc2N1C(=O)O. The van der Waals surface area contributed by atoms with Crippen molar-refractivity contribution in [3.63, 3.8) is 0 Å². The Balaban J connectivity index is 2.24. The van der Waals surface area contributed by atoms with Crippen LogP contribution in [0.5, 0.6) is 11.5 Å². The van der Waals surface area contributed by atoms with Gasteiger partial charge in [0.25, 0.3) is 5.91 Å². The minimum Gasteiger partial charge on any atom is -0.496 e. The highest BCUT2D eigenvalue weighted by Crippen LogP contribution is 2.42. The quantitative estimate of drug-likeness (QED) is 0.670. The summed E-state index contributed by atoms with van der Waals surface area (Å²) in [6.45, 7) is 6.01. The summed E-state index contributed by atoms with van der Waals surface area (Å²) in [6.07, 6.45) is -0.467.